The van der Waals surface area contributed by atoms with E-state index in [1.54, 1.807) is 27.0 Å². The monoisotopic (exact) mass is 616 g/mol. The van der Waals surface area contributed by atoms with Crippen LogP contribution in [0.2, 0.25) is 1.41 Å². The van der Waals surface area contributed by atoms with E-state index in [9.17, 15) is 13.2 Å². The zero-order valence-electron chi connectivity index (χ0n) is 29.7. The topological polar surface area (TPSA) is 113 Å². The molecular weight excluding hydrogens is 564 g/mol. The van der Waals surface area contributed by atoms with E-state index >= 15 is 0 Å². The summed E-state index contributed by atoms with van der Waals surface area (Å²) in [5.41, 5.74) is -0.295. The zero-order chi connectivity index (χ0) is 33.9. The van der Waals surface area contributed by atoms with Gasteiger partial charge in [-0.2, -0.15) is 9.40 Å². The fourth-order valence-corrected chi connectivity index (χ4v) is 8.16. The van der Waals surface area contributed by atoms with Crippen molar-refractivity contribution in [2.75, 3.05) is 19.6 Å². The van der Waals surface area contributed by atoms with Gasteiger partial charge in [0.1, 0.15) is 22.7 Å². The van der Waals surface area contributed by atoms with Crippen molar-refractivity contribution in [2.24, 2.45) is 7.05 Å². The van der Waals surface area contributed by atoms with Gasteiger partial charge >= 0.3 is 0 Å². The van der Waals surface area contributed by atoms with Crippen molar-refractivity contribution in [3.8, 4) is 17.1 Å². The number of aromatic amines is 1. The fourth-order valence-electron chi connectivity index (χ4n) is 6.25. The van der Waals surface area contributed by atoms with Crippen LogP contribution in [-0.4, -0.2) is 74.2 Å². The van der Waals surface area contributed by atoms with Crippen molar-refractivity contribution in [3.63, 3.8) is 0 Å². The maximum atomic E-state index is 14.4. The van der Waals surface area contributed by atoms with E-state index < -0.39 is 27.1 Å². The number of H-pyrrole nitrogens is 1. The van der Waals surface area contributed by atoms with Crippen molar-refractivity contribution in [1.29, 1.82) is 0 Å². The lowest BCUT2D eigenvalue weighted by Crippen LogP contribution is -2.63. The number of fused-ring (bicyclic) bond motifs is 1. The molecule has 10 nitrogen and oxygen atoms in total. The number of nitrogens with zero attached hydrogens (tertiary/aromatic N) is 5. The van der Waals surface area contributed by atoms with Gasteiger partial charge in [-0.25, -0.2) is 13.4 Å². The molecule has 3 aromatic rings. The Morgan fingerprint density at radius 2 is 1.95 bits per heavy atom. The molecule has 2 unspecified atom stereocenters. The second kappa shape index (κ2) is 12.0. The number of piperazine rings is 1. The largest absolute Gasteiger partial charge is 0.487 e. The Balaban J connectivity index is 2.01. The Morgan fingerprint density at radius 1 is 1.28 bits per heavy atom. The van der Waals surface area contributed by atoms with Gasteiger partial charge in [0.05, 0.1) is 16.2 Å². The molecule has 11 heteroatoms. The summed E-state index contributed by atoms with van der Waals surface area (Å²) in [5, 5.41) is 4.51. The van der Waals surface area contributed by atoms with Gasteiger partial charge in [0.15, 0.2) is 6.93 Å². The number of hydrogen-bond acceptors (Lipinski definition) is 7. The summed E-state index contributed by atoms with van der Waals surface area (Å²) in [4.78, 5) is 21.5. The minimum Gasteiger partial charge on any atom is -0.487 e. The third-order valence-electron chi connectivity index (χ3n) is 8.73. The van der Waals surface area contributed by atoms with E-state index in [2.05, 4.69) is 30.8 Å². The first-order valence-corrected chi connectivity index (χ1v) is 16.8. The van der Waals surface area contributed by atoms with Crippen molar-refractivity contribution < 1.29 is 15.9 Å². The van der Waals surface area contributed by atoms with Crippen molar-refractivity contribution in [2.45, 2.75) is 116 Å². The van der Waals surface area contributed by atoms with E-state index in [1.165, 1.54) is 15.1 Å². The molecule has 2 atom stereocenters. The van der Waals surface area contributed by atoms with Crippen LogP contribution in [0.3, 0.4) is 0 Å². The predicted molar refractivity (Wildman–Crippen MR) is 172 cm³/mol. The number of nitrogens with one attached hydrogen (secondary N) is 1. The van der Waals surface area contributed by atoms with Crippen LogP contribution in [0.25, 0.3) is 22.4 Å². The maximum absolute atomic E-state index is 14.4. The van der Waals surface area contributed by atoms with Gasteiger partial charge in [-0.3, -0.25) is 14.4 Å². The standard InChI is InChI=1S/C32H50N6O4S/c1-12-15-20(4)26-27-28(36(11)35-26)30(39)34-29(33-27)23-17-25(21(5)16-24(23)42-32(9,10)13-2)43(40,41)37-18-22(6)38(14-3)31(7,8)19-37/h16-17,20,22H,12-15,18-19H2,1-11H3,(H,33,34,39)/i20D/hD. The highest BCUT2D eigenvalue weighted by molar-refractivity contribution is 7.89. The molecule has 1 saturated heterocycles. The van der Waals surface area contributed by atoms with Crippen LogP contribution in [0.1, 0.15) is 100 Å². The molecule has 0 bridgehead atoms. The minimum atomic E-state index is -4.00. The van der Waals surface area contributed by atoms with E-state index in [0.717, 1.165) is 13.0 Å². The number of sulfonamides is 1. The Kier molecular flexibility index (Phi) is 8.43. The lowest BCUT2D eigenvalue weighted by Gasteiger charge is -2.50. The molecule has 2 aromatic heterocycles. The first kappa shape index (κ1) is 30.3. The van der Waals surface area contributed by atoms with E-state index in [0.29, 0.717) is 47.9 Å². The van der Waals surface area contributed by atoms with E-state index in [-0.39, 0.29) is 38.9 Å². The van der Waals surface area contributed by atoms with Gasteiger partial charge in [-0.1, -0.05) is 34.1 Å². The molecule has 3 heterocycles. The molecule has 1 aromatic carbocycles. The summed E-state index contributed by atoms with van der Waals surface area (Å²) in [6.07, 6.45) is 1.87. The Hall–Kier alpha value is -2.76. The highest BCUT2D eigenvalue weighted by atomic mass is 32.2. The lowest BCUT2D eigenvalue weighted by atomic mass is 9.97. The third-order valence-corrected chi connectivity index (χ3v) is 10.7. The number of aromatic nitrogens is 4. The second-order valence-electron chi connectivity index (χ2n) is 13.1. The van der Waals surface area contributed by atoms with Crippen LogP contribution in [0.5, 0.6) is 5.75 Å². The molecule has 0 aliphatic carbocycles. The number of ether oxygens (including phenoxy) is 1. The zero-order valence-corrected chi connectivity index (χ0v) is 28.5. The molecule has 1 fully saturated rings. The highest BCUT2D eigenvalue weighted by Gasteiger charge is 2.42. The van der Waals surface area contributed by atoms with Crippen LogP contribution in [-0.2, 0) is 17.1 Å². The van der Waals surface area contributed by atoms with Crippen LogP contribution in [0.15, 0.2) is 21.8 Å². The summed E-state index contributed by atoms with van der Waals surface area (Å²) in [6.45, 7) is 21.0. The van der Waals surface area contributed by atoms with Crippen molar-refractivity contribution >= 4 is 21.1 Å². The SMILES string of the molecule is [2H]n1c(-c2cc(S(=O)(=O)N3CC(C)N(CC)C(C)(C)C3)c(C)cc2OC(C)(C)CC)nc2c(C([2H])(C)CCC)nn(C)c2c1=O. The summed E-state index contributed by atoms with van der Waals surface area (Å²) in [6, 6.07) is 3.17. The average Bonchev–Trinajstić information content (AvgIpc) is 3.27. The van der Waals surface area contributed by atoms with Gasteiger partial charge < -0.3 is 9.71 Å². The molecule has 0 saturated carbocycles. The number of aryl methyl sites for hydroxylation is 2. The maximum Gasteiger partial charge on any atom is 0.277 e. The van der Waals surface area contributed by atoms with Crippen LogP contribution >= 0.6 is 0 Å². The molecule has 1 aliphatic rings. The minimum absolute atomic E-state index is 0.00932. The Bertz CT molecular complexity index is 1760. The first-order chi connectivity index (χ1) is 20.7. The summed E-state index contributed by atoms with van der Waals surface area (Å²) < 4.78 is 56.0. The Morgan fingerprint density at radius 3 is 2.53 bits per heavy atom. The van der Waals surface area contributed by atoms with Crippen molar-refractivity contribution in [1.82, 2.24) is 28.9 Å². The fraction of sp³-hybridized carbons (Fsp3) is 0.656. The highest BCUT2D eigenvalue weighted by Crippen LogP contribution is 2.38. The molecule has 43 heavy (non-hydrogen) atoms. The quantitative estimate of drug-likeness (QED) is 0.316. The summed E-state index contributed by atoms with van der Waals surface area (Å²) >= 11 is 0. The van der Waals surface area contributed by atoms with Crippen molar-refractivity contribution in [3.05, 3.63) is 33.7 Å². The van der Waals surface area contributed by atoms with Gasteiger partial charge in [-0.15, -0.1) is 0 Å². The van der Waals surface area contributed by atoms with Gasteiger partial charge in [0.2, 0.25) is 10.0 Å². The molecule has 0 spiro atoms. The molecule has 0 amide bonds. The number of benzene rings is 1. The van der Waals surface area contributed by atoms with E-state index in [1.807, 2.05) is 34.6 Å². The number of hydrogen-bond donors (Lipinski definition) is 1. The van der Waals surface area contributed by atoms with Crippen LogP contribution in [0.4, 0.5) is 0 Å². The normalized spacial score (nSPS) is 20.6. The Labute approximate surface area is 259 Å². The summed E-state index contributed by atoms with van der Waals surface area (Å²) in [5.74, 6) is -0.881. The number of rotatable bonds is 10. The molecule has 238 valence electrons. The van der Waals surface area contributed by atoms with Gasteiger partial charge in [-0.05, 0) is 78.6 Å². The third kappa shape index (κ3) is 6.26. The van der Waals surface area contributed by atoms with Gasteiger partial charge in [0, 0.05) is 39.0 Å². The molecule has 1 aliphatic heterocycles. The molecule has 4 rings (SSSR count). The number of likely N-dealkylation sites (N-methyl/N-ethyl adjacent to an activating group) is 1. The van der Waals surface area contributed by atoms with Crippen LogP contribution in [0, 0.1) is 6.92 Å². The molecular formula is C32H50N6O4S. The smallest absolute Gasteiger partial charge is 0.277 e. The molecule has 1 N–H and O–H groups in total. The van der Waals surface area contributed by atoms with Gasteiger partial charge in [0.25, 0.3) is 5.56 Å². The molecule has 0 radical (unpaired) electrons. The predicted octanol–water partition coefficient (Wildman–Crippen LogP) is 5.60. The second-order valence-corrected chi connectivity index (χ2v) is 15.0. The average molecular weight is 617 g/mol. The lowest BCUT2D eigenvalue weighted by molar-refractivity contribution is 0.0165. The first-order valence-electron chi connectivity index (χ1n) is 16.3. The van der Waals surface area contributed by atoms with E-state index in [4.69, 9.17) is 12.5 Å². The summed E-state index contributed by atoms with van der Waals surface area (Å²) in [7, 11) is -2.39. The van der Waals surface area contributed by atoms with Crippen LogP contribution < -0.4 is 10.3 Å².